The normalized spacial score (nSPS) is 16.9. The Morgan fingerprint density at radius 2 is 2.19 bits per heavy atom. The molecule has 0 spiro atoms. The maximum Gasteiger partial charge on any atom is 0.233 e. The van der Waals surface area contributed by atoms with E-state index in [0.29, 0.717) is 11.1 Å². The largest absolute Gasteiger partial charge is 0.352 e. The number of benzene rings is 1. The predicted octanol–water partition coefficient (Wildman–Crippen LogP) is 3.10. The van der Waals surface area contributed by atoms with Gasteiger partial charge in [0.2, 0.25) is 5.91 Å². The summed E-state index contributed by atoms with van der Waals surface area (Å²) in [6, 6.07) is 8.02. The maximum atomic E-state index is 11.7. The van der Waals surface area contributed by atoms with Crippen molar-refractivity contribution in [2.45, 2.75) is 36.0 Å². The van der Waals surface area contributed by atoms with Crippen molar-refractivity contribution in [3.8, 4) is 0 Å². The lowest BCUT2D eigenvalue weighted by molar-refractivity contribution is -0.120. The lowest BCUT2D eigenvalue weighted by atomic mass is 10.4. The van der Waals surface area contributed by atoms with Crippen LogP contribution in [0.3, 0.4) is 0 Å². The van der Waals surface area contributed by atoms with Gasteiger partial charge in [0.1, 0.15) is 0 Å². The zero-order valence-corrected chi connectivity index (χ0v) is 10.6. The molecule has 0 bridgehead atoms. The van der Waals surface area contributed by atoms with Crippen LogP contribution in [0.1, 0.15) is 19.8 Å². The first-order valence-corrected chi connectivity index (χ1v) is 6.64. The summed E-state index contributed by atoms with van der Waals surface area (Å²) in [7, 11) is 0. The highest BCUT2D eigenvalue weighted by Gasteiger charge is 2.26. The SMILES string of the molecule is CC(Sc1ccccc1Cl)C(=O)NC1CC1. The van der Waals surface area contributed by atoms with Crippen molar-refractivity contribution in [2.75, 3.05) is 0 Å². The number of amides is 1. The first-order chi connectivity index (χ1) is 7.66. The summed E-state index contributed by atoms with van der Waals surface area (Å²) in [4.78, 5) is 12.7. The lowest BCUT2D eigenvalue weighted by Crippen LogP contribution is -2.32. The van der Waals surface area contributed by atoms with E-state index in [1.807, 2.05) is 31.2 Å². The zero-order chi connectivity index (χ0) is 11.5. The van der Waals surface area contributed by atoms with Crippen molar-refractivity contribution >= 4 is 29.3 Å². The molecule has 0 aromatic heterocycles. The van der Waals surface area contributed by atoms with Crippen molar-refractivity contribution in [3.63, 3.8) is 0 Å². The Morgan fingerprint density at radius 1 is 1.50 bits per heavy atom. The molecule has 0 radical (unpaired) electrons. The van der Waals surface area contributed by atoms with Crippen LogP contribution in [0.25, 0.3) is 0 Å². The monoisotopic (exact) mass is 255 g/mol. The summed E-state index contributed by atoms with van der Waals surface area (Å²) >= 11 is 7.54. The molecule has 1 saturated carbocycles. The van der Waals surface area contributed by atoms with E-state index in [1.54, 1.807) is 0 Å². The van der Waals surface area contributed by atoms with Crippen LogP contribution in [0.15, 0.2) is 29.2 Å². The van der Waals surface area contributed by atoms with Crippen LogP contribution in [0.5, 0.6) is 0 Å². The summed E-state index contributed by atoms with van der Waals surface area (Å²) in [5, 5.41) is 3.60. The van der Waals surface area contributed by atoms with Crippen LogP contribution >= 0.6 is 23.4 Å². The summed E-state index contributed by atoms with van der Waals surface area (Å²) in [5.74, 6) is 0.104. The standard InChI is InChI=1S/C12H14ClNOS/c1-8(12(15)14-9-6-7-9)16-11-5-3-2-4-10(11)13/h2-5,8-9H,6-7H2,1H3,(H,14,15). The second-order valence-corrected chi connectivity index (χ2v) is 5.76. The Morgan fingerprint density at radius 3 is 2.81 bits per heavy atom. The summed E-state index contributed by atoms with van der Waals surface area (Å²) in [5.41, 5.74) is 0. The van der Waals surface area contributed by atoms with Gasteiger partial charge >= 0.3 is 0 Å². The zero-order valence-electron chi connectivity index (χ0n) is 9.07. The third kappa shape index (κ3) is 3.16. The van der Waals surface area contributed by atoms with Crippen LogP contribution in [-0.2, 0) is 4.79 Å². The van der Waals surface area contributed by atoms with Gasteiger partial charge in [-0.3, -0.25) is 4.79 Å². The average molecular weight is 256 g/mol. The minimum Gasteiger partial charge on any atom is -0.352 e. The van der Waals surface area contributed by atoms with Gasteiger partial charge in [-0.25, -0.2) is 0 Å². The molecule has 0 heterocycles. The number of rotatable bonds is 4. The highest BCUT2D eigenvalue weighted by atomic mass is 35.5. The Hall–Kier alpha value is -0.670. The number of hydrogen-bond acceptors (Lipinski definition) is 2. The van der Waals surface area contributed by atoms with Crippen LogP contribution < -0.4 is 5.32 Å². The molecule has 1 N–H and O–H groups in total. The highest BCUT2D eigenvalue weighted by Crippen LogP contribution is 2.30. The maximum absolute atomic E-state index is 11.7. The summed E-state index contributed by atoms with van der Waals surface area (Å²) < 4.78 is 0. The fourth-order valence-electron chi connectivity index (χ4n) is 1.33. The van der Waals surface area contributed by atoms with Crippen molar-refractivity contribution in [1.82, 2.24) is 5.32 Å². The van der Waals surface area contributed by atoms with E-state index >= 15 is 0 Å². The Kier molecular flexibility index (Phi) is 3.77. The van der Waals surface area contributed by atoms with E-state index in [1.165, 1.54) is 11.8 Å². The molecular weight excluding hydrogens is 242 g/mol. The third-order valence-corrected chi connectivity index (χ3v) is 4.05. The molecule has 1 aliphatic rings. The molecule has 1 aliphatic carbocycles. The summed E-state index contributed by atoms with van der Waals surface area (Å²) in [6.45, 7) is 1.91. The second kappa shape index (κ2) is 5.11. The molecule has 1 aromatic rings. The van der Waals surface area contributed by atoms with E-state index in [0.717, 1.165) is 17.7 Å². The molecule has 16 heavy (non-hydrogen) atoms. The van der Waals surface area contributed by atoms with Crippen molar-refractivity contribution in [1.29, 1.82) is 0 Å². The molecule has 0 aliphatic heterocycles. The van der Waals surface area contributed by atoms with E-state index in [9.17, 15) is 4.79 Å². The van der Waals surface area contributed by atoms with Crippen molar-refractivity contribution in [3.05, 3.63) is 29.3 Å². The highest BCUT2D eigenvalue weighted by molar-refractivity contribution is 8.00. The topological polar surface area (TPSA) is 29.1 Å². The third-order valence-electron chi connectivity index (χ3n) is 2.43. The van der Waals surface area contributed by atoms with E-state index < -0.39 is 0 Å². The number of carbonyl (C=O) groups excluding carboxylic acids is 1. The number of thioether (sulfide) groups is 1. The van der Waals surface area contributed by atoms with E-state index in [4.69, 9.17) is 11.6 Å². The molecule has 1 unspecified atom stereocenters. The minimum absolute atomic E-state index is 0.0968. The molecule has 1 amide bonds. The van der Waals surface area contributed by atoms with Gasteiger partial charge in [-0.05, 0) is 31.9 Å². The van der Waals surface area contributed by atoms with Crippen LogP contribution in [0, 0.1) is 0 Å². The summed E-state index contributed by atoms with van der Waals surface area (Å²) in [6.07, 6.45) is 2.24. The Balaban J connectivity index is 1.92. The average Bonchev–Trinajstić information content (AvgIpc) is 3.05. The predicted molar refractivity (Wildman–Crippen MR) is 67.9 cm³/mol. The number of hydrogen-bond donors (Lipinski definition) is 1. The van der Waals surface area contributed by atoms with E-state index in [-0.39, 0.29) is 11.2 Å². The van der Waals surface area contributed by atoms with Gasteiger partial charge in [0, 0.05) is 10.9 Å². The fourth-order valence-corrected chi connectivity index (χ4v) is 2.49. The molecular formula is C12H14ClNOS. The molecule has 2 nitrogen and oxygen atoms in total. The molecule has 4 heteroatoms. The first kappa shape index (κ1) is 11.8. The molecule has 0 saturated heterocycles. The van der Waals surface area contributed by atoms with Gasteiger partial charge in [-0.1, -0.05) is 23.7 Å². The second-order valence-electron chi connectivity index (χ2n) is 3.97. The van der Waals surface area contributed by atoms with Crippen LogP contribution in [0.4, 0.5) is 0 Å². The molecule has 1 aromatic carbocycles. The van der Waals surface area contributed by atoms with Gasteiger partial charge in [-0.2, -0.15) is 0 Å². The number of halogens is 1. The van der Waals surface area contributed by atoms with Gasteiger partial charge in [0.15, 0.2) is 0 Å². The van der Waals surface area contributed by atoms with Gasteiger partial charge in [0.05, 0.1) is 10.3 Å². The lowest BCUT2D eigenvalue weighted by Gasteiger charge is -2.12. The Bertz CT molecular complexity index is 392. The first-order valence-electron chi connectivity index (χ1n) is 5.38. The smallest absolute Gasteiger partial charge is 0.233 e. The molecule has 86 valence electrons. The van der Waals surface area contributed by atoms with Gasteiger partial charge in [-0.15, -0.1) is 11.8 Å². The number of nitrogens with one attached hydrogen (secondary N) is 1. The fraction of sp³-hybridized carbons (Fsp3) is 0.417. The van der Waals surface area contributed by atoms with Crippen LogP contribution in [-0.4, -0.2) is 17.2 Å². The molecule has 1 atom stereocenters. The van der Waals surface area contributed by atoms with Gasteiger partial charge in [0.25, 0.3) is 0 Å². The quantitative estimate of drug-likeness (QED) is 0.838. The molecule has 1 fully saturated rings. The number of carbonyl (C=O) groups is 1. The van der Waals surface area contributed by atoms with Crippen molar-refractivity contribution < 1.29 is 4.79 Å². The van der Waals surface area contributed by atoms with Gasteiger partial charge < -0.3 is 5.32 Å². The Labute approximate surface area is 105 Å². The minimum atomic E-state index is -0.0968. The van der Waals surface area contributed by atoms with Crippen LogP contribution in [0.2, 0.25) is 5.02 Å². The van der Waals surface area contributed by atoms with Crippen molar-refractivity contribution in [2.24, 2.45) is 0 Å². The molecule has 2 rings (SSSR count). The van der Waals surface area contributed by atoms with E-state index in [2.05, 4.69) is 5.32 Å².